The van der Waals surface area contributed by atoms with Gasteiger partial charge in [0.05, 0.1) is 6.61 Å². The molecule has 2 aromatic heterocycles. The van der Waals surface area contributed by atoms with Crippen LogP contribution < -0.4 is 0 Å². The van der Waals surface area contributed by atoms with Crippen molar-refractivity contribution >= 4 is 11.2 Å². The fourth-order valence-corrected chi connectivity index (χ4v) is 3.85. The number of imidazole rings is 1. The fraction of sp³-hybridized carbons (Fsp3) is 0.647. The second-order valence-electron chi connectivity index (χ2n) is 6.76. The van der Waals surface area contributed by atoms with Crippen LogP contribution in [0, 0.1) is 5.92 Å². The summed E-state index contributed by atoms with van der Waals surface area (Å²) < 4.78 is 8.07. The normalized spacial score (nSPS) is 26.8. The average molecular weight is 300 g/mol. The molecule has 2 aromatic rings. The van der Waals surface area contributed by atoms with E-state index in [2.05, 4.69) is 27.6 Å². The molecule has 0 saturated carbocycles. The van der Waals surface area contributed by atoms with Crippen molar-refractivity contribution < 1.29 is 4.74 Å². The van der Waals surface area contributed by atoms with Crippen LogP contribution in [0.3, 0.4) is 0 Å². The number of pyridine rings is 1. The molecule has 0 N–H and O–H groups in total. The second-order valence-corrected chi connectivity index (χ2v) is 6.76. The fourth-order valence-electron chi connectivity index (χ4n) is 3.85. The first-order chi connectivity index (χ1) is 10.8. The minimum atomic E-state index is 0.419. The van der Waals surface area contributed by atoms with Crippen LogP contribution in [0.25, 0.3) is 11.2 Å². The van der Waals surface area contributed by atoms with Crippen LogP contribution in [0.15, 0.2) is 18.3 Å². The Bertz CT molecular complexity index is 647. The van der Waals surface area contributed by atoms with Crippen molar-refractivity contribution in [1.82, 2.24) is 19.4 Å². The summed E-state index contributed by atoms with van der Waals surface area (Å²) in [6.07, 6.45) is 5.45. The van der Waals surface area contributed by atoms with Gasteiger partial charge < -0.3 is 14.2 Å². The molecule has 2 fully saturated rings. The number of fused-ring (bicyclic) bond motifs is 1. The Morgan fingerprint density at radius 3 is 3.09 bits per heavy atom. The van der Waals surface area contributed by atoms with E-state index in [9.17, 15) is 0 Å². The zero-order valence-corrected chi connectivity index (χ0v) is 13.2. The summed E-state index contributed by atoms with van der Waals surface area (Å²) in [7, 11) is 2.21. The lowest BCUT2D eigenvalue weighted by molar-refractivity contribution is 0.0769. The van der Waals surface area contributed by atoms with Gasteiger partial charge in [-0.05, 0) is 50.9 Å². The maximum Gasteiger partial charge on any atom is 0.160 e. The van der Waals surface area contributed by atoms with Crippen LogP contribution in [-0.2, 0) is 11.3 Å². The van der Waals surface area contributed by atoms with E-state index in [-0.39, 0.29) is 0 Å². The molecule has 0 radical (unpaired) electrons. The van der Waals surface area contributed by atoms with Crippen LogP contribution >= 0.6 is 0 Å². The highest BCUT2D eigenvalue weighted by Crippen LogP contribution is 2.29. The molecule has 0 amide bonds. The van der Waals surface area contributed by atoms with E-state index in [4.69, 9.17) is 9.72 Å². The maximum atomic E-state index is 5.69. The monoisotopic (exact) mass is 300 g/mol. The van der Waals surface area contributed by atoms with Gasteiger partial charge in [0.25, 0.3) is 0 Å². The lowest BCUT2D eigenvalue weighted by atomic mass is 10.0. The van der Waals surface area contributed by atoms with E-state index in [0.717, 1.165) is 37.3 Å². The maximum absolute atomic E-state index is 5.69. The van der Waals surface area contributed by atoms with E-state index in [1.807, 2.05) is 12.3 Å². The minimum Gasteiger partial charge on any atom is -0.381 e. The van der Waals surface area contributed by atoms with E-state index in [1.165, 1.54) is 31.8 Å². The van der Waals surface area contributed by atoms with E-state index >= 15 is 0 Å². The molecular weight excluding hydrogens is 276 g/mol. The number of nitrogens with zero attached hydrogens (tertiary/aromatic N) is 4. The van der Waals surface area contributed by atoms with Crippen molar-refractivity contribution in [2.75, 3.05) is 33.4 Å². The molecule has 2 aliphatic rings. The predicted molar refractivity (Wildman–Crippen MR) is 85.9 cm³/mol. The third kappa shape index (κ3) is 2.63. The molecule has 5 nitrogen and oxygen atoms in total. The summed E-state index contributed by atoms with van der Waals surface area (Å²) in [5.41, 5.74) is 2.06. The second kappa shape index (κ2) is 5.97. The van der Waals surface area contributed by atoms with Crippen LogP contribution in [0.4, 0.5) is 0 Å². The zero-order valence-electron chi connectivity index (χ0n) is 13.2. The molecule has 0 aromatic carbocycles. The molecule has 0 aliphatic carbocycles. The molecule has 22 heavy (non-hydrogen) atoms. The number of ether oxygens (including phenoxy) is 1. The van der Waals surface area contributed by atoms with Crippen molar-refractivity contribution in [3.05, 3.63) is 24.2 Å². The first-order valence-electron chi connectivity index (χ1n) is 8.38. The Labute approximate surface area is 131 Å². The molecule has 0 bridgehead atoms. The van der Waals surface area contributed by atoms with E-state index in [1.54, 1.807) is 0 Å². The van der Waals surface area contributed by atoms with Gasteiger partial charge in [-0.15, -0.1) is 0 Å². The van der Waals surface area contributed by atoms with Crippen LogP contribution in [-0.4, -0.2) is 52.8 Å². The molecule has 118 valence electrons. The highest BCUT2D eigenvalue weighted by molar-refractivity contribution is 5.71. The van der Waals surface area contributed by atoms with Crippen molar-refractivity contribution in [2.24, 2.45) is 5.92 Å². The van der Waals surface area contributed by atoms with E-state index < -0.39 is 0 Å². The Balaban J connectivity index is 1.69. The van der Waals surface area contributed by atoms with Gasteiger partial charge in [-0.1, -0.05) is 0 Å². The summed E-state index contributed by atoms with van der Waals surface area (Å²) in [5.74, 6) is 2.30. The van der Waals surface area contributed by atoms with Crippen molar-refractivity contribution in [2.45, 2.75) is 31.7 Å². The number of aromatic nitrogens is 3. The Morgan fingerprint density at radius 1 is 1.36 bits per heavy atom. The summed E-state index contributed by atoms with van der Waals surface area (Å²) in [5, 5.41) is 0. The minimum absolute atomic E-state index is 0.419. The quantitative estimate of drug-likeness (QED) is 0.872. The zero-order chi connectivity index (χ0) is 14.9. The molecule has 0 spiro atoms. The summed E-state index contributed by atoms with van der Waals surface area (Å²) in [6, 6.07) is 4.05. The van der Waals surface area contributed by atoms with Gasteiger partial charge in [0.15, 0.2) is 5.65 Å². The summed E-state index contributed by atoms with van der Waals surface area (Å²) in [6.45, 7) is 5.10. The largest absolute Gasteiger partial charge is 0.381 e. The lowest BCUT2D eigenvalue weighted by Crippen LogP contribution is -2.22. The van der Waals surface area contributed by atoms with Crippen molar-refractivity contribution in [1.29, 1.82) is 0 Å². The molecule has 4 rings (SSSR count). The average Bonchev–Trinajstić information content (AvgIpc) is 3.13. The van der Waals surface area contributed by atoms with Gasteiger partial charge in [-0.2, -0.15) is 0 Å². The van der Waals surface area contributed by atoms with Crippen molar-refractivity contribution in [3.8, 4) is 0 Å². The highest BCUT2D eigenvalue weighted by atomic mass is 16.5. The summed E-state index contributed by atoms with van der Waals surface area (Å²) in [4.78, 5) is 11.9. The molecular formula is C17H24N4O. The topological polar surface area (TPSA) is 43.2 Å². The molecule has 5 heteroatoms. The highest BCUT2D eigenvalue weighted by Gasteiger charge is 2.26. The van der Waals surface area contributed by atoms with Gasteiger partial charge in [-0.25, -0.2) is 9.97 Å². The Morgan fingerprint density at radius 2 is 2.32 bits per heavy atom. The number of likely N-dealkylation sites (tertiary alicyclic amines) is 1. The molecule has 2 unspecified atom stereocenters. The SMILES string of the molecule is CN1CCC(Cn2c(C3CCCOC3)nc3cccnc32)C1. The Hall–Kier alpha value is -1.46. The number of rotatable bonds is 3. The first kappa shape index (κ1) is 14.2. The van der Waals surface area contributed by atoms with Gasteiger partial charge >= 0.3 is 0 Å². The lowest BCUT2D eigenvalue weighted by Gasteiger charge is -2.23. The van der Waals surface area contributed by atoms with Crippen LogP contribution in [0.5, 0.6) is 0 Å². The van der Waals surface area contributed by atoms with Gasteiger partial charge in [0, 0.05) is 31.8 Å². The third-order valence-corrected chi connectivity index (χ3v) is 4.99. The van der Waals surface area contributed by atoms with Crippen LogP contribution in [0.2, 0.25) is 0 Å². The molecule has 2 atom stereocenters. The van der Waals surface area contributed by atoms with E-state index in [0.29, 0.717) is 11.8 Å². The predicted octanol–water partition coefficient (Wildman–Crippen LogP) is 2.28. The van der Waals surface area contributed by atoms with Gasteiger partial charge in [0.1, 0.15) is 11.3 Å². The summed E-state index contributed by atoms with van der Waals surface area (Å²) >= 11 is 0. The molecule has 2 saturated heterocycles. The first-order valence-corrected chi connectivity index (χ1v) is 8.38. The van der Waals surface area contributed by atoms with Crippen molar-refractivity contribution in [3.63, 3.8) is 0 Å². The van der Waals surface area contributed by atoms with Gasteiger partial charge in [-0.3, -0.25) is 0 Å². The molecule has 4 heterocycles. The number of hydrogen-bond acceptors (Lipinski definition) is 4. The van der Waals surface area contributed by atoms with Crippen LogP contribution in [0.1, 0.15) is 31.0 Å². The third-order valence-electron chi connectivity index (χ3n) is 4.99. The smallest absolute Gasteiger partial charge is 0.160 e. The molecule has 2 aliphatic heterocycles. The van der Waals surface area contributed by atoms with Gasteiger partial charge in [0.2, 0.25) is 0 Å². The number of hydrogen-bond donors (Lipinski definition) is 0. The standard InChI is InChI=1S/C17H24N4O/c1-20-8-6-13(10-20)11-21-16(14-4-3-9-22-12-14)19-15-5-2-7-18-17(15)21/h2,5,7,13-14H,3-4,6,8-12H2,1H3. The Kier molecular flexibility index (Phi) is 3.84.